The number of amides is 1. The molecule has 0 aromatic carbocycles. The maximum atomic E-state index is 11.1. The molecule has 1 heterocycles. The molecule has 0 saturated heterocycles. The first-order valence-corrected chi connectivity index (χ1v) is 5.01. The van der Waals surface area contributed by atoms with Gasteiger partial charge in [0.15, 0.2) is 0 Å². The Hall–Kier alpha value is -0.420. The molecule has 0 spiro atoms. The lowest BCUT2D eigenvalue weighted by Crippen LogP contribution is -2.30. The molecule has 0 fully saturated rings. The van der Waals surface area contributed by atoms with Crippen molar-refractivity contribution in [2.24, 2.45) is 4.36 Å². The minimum Gasteiger partial charge on any atom is -0.270 e. The zero-order valence-electron chi connectivity index (χ0n) is 5.96. The molecule has 1 amide bonds. The molecule has 0 aromatic rings. The summed E-state index contributed by atoms with van der Waals surface area (Å²) in [5.74, 6) is -0.282. The molecule has 1 rings (SSSR count). The summed E-state index contributed by atoms with van der Waals surface area (Å²) in [6, 6.07) is -0.322. The van der Waals surface area contributed by atoms with Crippen LogP contribution in [0, 0.1) is 0 Å². The fraction of sp³-hybridized carbons (Fsp3) is 0.800. The van der Waals surface area contributed by atoms with E-state index in [1.54, 1.807) is 0 Å². The van der Waals surface area contributed by atoms with Gasteiger partial charge in [-0.1, -0.05) is 6.92 Å². The third-order valence-corrected chi connectivity index (χ3v) is 2.58. The normalized spacial score (nSPS) is 39.8. The Balaban J connectivity index is 2.87. The van der Waals surface area contributed by atoms with Crippen LogP contribution in [0.5, 0.6) is 0 Å². The highest BCUT2D eigenvalue weighted by molar-refractivity contribution is 7.91. The SMILES string of the molecule is CCC1NS(C)(=O)=NC1=O. The van der Waals surface area contributed by atoms with E-state index in [2.05, 4.69) is 9.08 Å². The number of hydrogen-bond acceptors (Lipinski definition) is 2. The van der Waals surface area contributed by atoms with Crippen LogP contribution in [-0.2, 0) is 14.7 Å². The van der Waals surface area contributed by atoms with Crippen LogP contribution in [0.1, 0.15) is 13.3 Å². The smallest absolute Gasteiger partial charge is 0.270 e. The van der Waals surface area contributed by atoms with Gasteiger partial charge in [0.05, 0.1) is 0 Å². The van der Waals surface area contributed by atoms with Crippen LogP contribution in [0.2, 0.25) is 0 Å². The van der Waals surface area contributed by atoms with Crippen LogP contribution in [0.4, 0.5) is 0 Å². The van der Waals surface area contributed by atoms with Gasteiger partial charge in [-0.2, -0.15) is 0 Å². The van der Waals surface area contributed by atoms with Crippen molar-refractivity contribution in [1.29, 1.82) is 0 Å². The number of hydrogen-bond donors (Lipinski definition) is 1. The summed E-state index contributed by atoms with van der Waals surface area (Å²) in [4.78, 5) is 10.8. The van der Waals surface area contributed by atoms with E-state index in [9.17, 15) is 9.00 Å². The Morgan fingerprint density at radius 1 is 1.80 bits per heavy atom. The van der Waals surface area contributed by atoms with Crippen molar-refractivity contribution in [2.45, 2.75) is 19.4 Å². The van der Waals surface area contributed by atoms with Crippen LogP contribution in [0.15, 0.2) is 4.36 Å². The summed E-state index contributed by atoms with van der Waals surface area (Å²) in [6.45, 7) is 1.85. The number of nitrogens with one attached hydrogen (secondary N) is 1. The van der Waals surface area contributed by atoms with Gasteiger partial charge in [0, 0.05) is 6.26 Å². The van der Waals surface area contributed by atoms with Gasteiger partial charge in [-0.3, -0.25) is 4.79 Å². The van der Waals surface area contributed by atoms with Gasteiger partial charge >= 0.3 is 0 Å². The largest absolute Gasteiger partial charge is 0.272 e. The van der Waals surface area contributed by atoms with Gasteiger partial charge in [0.1, 0.15) is 16.0 Å². The van der Waals surface area contributed by atoms with Crippen molar-refractivity contribution < 1.29 is 9.00 Å². The predicted molar refractivity (Wildman–Crippen MR) is 38.7 cm³/mol. The maximum Gasteiger partial charge on any atom is 0.272 e. The van der Waals surface area contributed by atoms with Gasteiger partial charge in [0.2, 0.25) is 0 Å². The molecule has 2 atom stereocenters. The van der Waals surface area contributed by atoms with Gasteiger partial charge < -0.3 is 0 Å². The Morgan fingerprint density at radius 3 is 2.60 bits per heavy atom. The number of carbonyl (C=O) groups excluding carboxylic acids is 1. The molecule has 0 bridgehead atoms. The molecule has 0 saturated carbocycles. The second-order valence-electron chi connectivity index (χ2n) is 2.31. The topological polar surface area (TPSA) is 58.5 Å². The third kappa shape index (κ3) is 1.35. The zero-order valence-corrected chi connectivity index (χ0v) is 6.77. The van der Waals surface area contributed by atoms with E-state index < -0.39 is 9.92 Å². The molecular weight excluding hydrogens is 152 g/mol. The van der Waals surface area contributed by atoms with Crippen molar-refractivity contribution >= 4 is 15.8 Å². The molecule has 58 valence electrons. The van der Waals surface area contributed by atoms with Crippen LogP contribution < -0.4 is 4.72 Å². The molecule has 10 heavy (non-hydrogen) atoms. The highest BCUT2D eigenvalue weighted by Crippen LogP contribution is 2.06. The van der Waals surface area contributed by atoms with E-state index in [0.717, 1.165) is 0 Å². The van der Waals surface area contributed by atoms with E-state index in [1.807, 2.05) is 6.92 Å². The predicted octanol–water partition coefficient (Wildman–Crippen LogP) is -0.0924. The summed E-state index contributed by atoms with van der Waals surface area (Å²) in [6.07, 6.45) is 2.08. The quantitative estimate of drug-likeness (QED) is 0.585. The molecule has 1 aliphatic rings. The average Bonchev–Trinajstić information content (AvgIpc) is 2.05. The van der Waals surface area contributed by atoms with E-state index in [0.29, 0.717) is 6.42 Å². The maximum absolute atomic E-state index is 11.1. The Morgan fingerprint density at radius 2 is 2.40 bits per heavy atom. The van der Waals surface area contributed by atoms with E-state index in [-0.39, 0.29) is 11.9 Å². The lowest BCUT2D eigenvalue weighted by atomic mass is 10.2. The number of nitrogens with zero attached hydrogens (tertiary/aromatic N) is 1. The third-order valence-electron chi connectivity index (χ3n) is 1.33. The van der Waals surface area contributed by atoms with Crippen molar-refractivity contribution in [3.8, 4) is 0 Å². The van der Waals surface area contributed by atoms with Crippen molar-refractivity contribution in [3.05, 3.63) is 0 Å². The molecule has 1 N–H and O–H groups in total. The van der Waals surface area contributed by atoms with Gasteiger partial charge in [-0.25, -0.2) is 8.93 Å². The molecule has 0 aliphatic carbocycles. The monoisotopic (exact) mass is 162 g/mol. The van der Waals surface area contributed by atoms with E-state index >= 15 is 0 Å². The van der Waals surface area contributed by atoms with Gasteiger partial charge in [-0.15, -0.1) is 4.36 Å². The summed E-state index contributed by atoms with van der Waals surface area (Å²) in [5, 5.41) is 0. The van der Waals surface area contributed by atoms with Crippen molar-refractivity contribution in [1.82, 2.24) is 4.72 Å². The van der Waals surface area contributed by atoms with Crippen LogP contribution in [-0.4, -0.2) is 22.4 Å². The summed E-state index contributed by atoms with van der Waals surface area (Å²) < 4.78 is 17.2. The lowest BCUT2D eigenvalue weighted by molar-refractivity contribution is -0.118. The molecule has 4 nitrogen and oxygen atoms in total. The zero-order chi connectivity index (χ0) is 7.78. The fourth-order valence-corrected chi connectivity index (χ4v) is 2.15. The second kappa shape index (κ2) is 2.32. The molecule has 0 aromatic heterocycles. The first-order valence-electron chi connectivity index (χ1n) is 3.08. The molecule has 2 unspecified atom stereocenters. The van der Waals surface area contributed by atoms with E-state index in [1.165, 1.54) is 6.26 Å². The molecule has 1 aliphatic heterocycles. The van der Waals surface area contributed by atoms with Crippen LogP contribution in [0.3, 0.4) is 0 Å². The highest BCUT2D eigenvalue weighted by Gasteiger charge is 2.26. The van der Waals surface area contributed by atoms with Crippen molar-refractivity contribution in [2.75, 3.05) is 6.26 Å². The Kier molecular flexibility index (Phi) is 1.78. The van der Waals surface area contributed by atoms with Crippen LogP contribution in [0.25, 0.3) is 0 Å². The lowest BCUT2D eigenvalue weighted by Gasteiger charge is -2.02. The summed E-state index contributed by atoms with van der Waals surface area (Å²) >= 11 is 0. The van der Waals surface area contributed by atoms with E-state index in [4.69, 9.17) is 0 Å². The number of rotatable bonds is 1. The molecule has 5 heteroatoms. The first kappa shape index (κ1) is 7.68. The summed E-state index contributed by atoms with van der Waals surface area (Å²) in [7, 11) is -2.38. The Labute approximate surface area is 60.3 Å². The standard InChI is InChI=1S/C5H10N2O2S/c1-3-4-5(8)7-10(2,9)6-4/h4H,3H2,1-2H3,(H,6,7,8,9). The van der Waals surface area contributed by atoms with Gasteiger partial charge in [-0.05, 0) is 6.42 Å². The highest BCUT2D eigenvalue weighted by atomic mass is 32.2. The summed E-state index contributed by atoms with van der Waals surface area (Å²) in [5.41, 5.74) is 0. The Bertz CT molecular complexity index is 265. The minimum atomic E-state index is -2.38. The van der Waals surface area contributed by atoms with Crippen molar-refractivity contribution in [3.63, 3.8) is 0 Å². The van der Waals surface area contributed by atoms with Crippen LogP contribution >= 0.6 is 0 Å². The molecular formula is C5H10N2O2S. The van der Waals surface area contributed by atoms with Gasteiger partial charge in [0.25, 0.3) is 5.91 Å². The number of carbonyl (C=O) groups is 1. The average molecular weight is 162 g/mol. The first-order chi connectivity index (χ1) is 4.55. The second-order valence-corrected chi connectivity index (χ2v) is 4.33. The molecule has 0 radical (unpaired) electrons. The fourth-order valence-electron chi connectivity index (χ4n) is 0.834. The minimum absolute atomic E-state index is 0.282.